The summed E-state index contributed by atoms with van der Waals surface area (Å²) in [5, 5.41) is 12.3. The summed E-state index contributed by atoms with van der Waals surface area (Å²) in [6, 6.07) is 4.71. The maximum Gasteiger partial charge on any atom is 0.257 e. The van der Waals surface area contributed by atoms with E-state index in [1.165, 1.54) is 17.4 Å². The Labute approximate surface area is 183 Å². The van der Waals surface area contributed by atoms with E-state index in [1.807, 2.05) is 6.92 Å². The zero-order valence-electron chi connectivity index (χ0n) is 17.8. The molecule has 1 aliphatic heterocycles. The van der Waals surface area contributed by atoms with Crippen LogP contribution in [0.3, 0.4) is 0 Å². The molecular weight excluding hydrogens is 420 g/mol. The van der Waals surface area contributed by atoms with Crippen molar-refractivity contribution >= 4 is 32.4 Å². The SMILES string of the molecule is CCCCCc1nnc(NC(=O)c2cc(S(=O)(=O)N3CCCCC3C)ccc2C)s1. The van der Waals surface area contributed by atoms with Crippen LogP contribution in [0.1, 0.15) is 73.3 Å². The second-order valence-corrected chi connectivity index (χ2v) is 10.8. The van der Waals surface area contributed by atoms with Gasteiger partial charge >= 0.3 is 0 Å². The van der Waals surface area contributed by atoms with Gasteiger partial charge in [-0.3, -0.25) is 10.1 Å². The molecule has 2 aromatic rings. The Balaban J connectivity index is 1.77. The predicted molar refractivity (Wildman–Crippen MR) is 119 cm³/mol. The fourth-order valence-corrected chi connectivity index (χ4v) is 6.17. The molecule has 1 fully saturated rings. The van der Waals surface area contributed by atoms with Crippen molar-refractivity contribution in [1.82, 2.24) is 14.5 Å². The number of carbonyl (C=O) groups is 1. The van der Waals surface area contributed by atoms with Gasteiger partial charge in [-0.05, 0) is 50.8 Å². The average Bonchev–Trinajstić information content (AvgIpc) is 3.15. The Morgan fingerprint density at radius 2 is 2.07 bits per heavy atom. The normalized spacial score (nSPS) is 17.8. The fraction of sp³-hybridized carbons (Fsp3) is 0.571. The van der Waals surface area contributed by atoms with Crippen LogP contribution in [0.15, 0.2) is 23.1 Å². The van der Waals surface area contributed by atoms with E-state index in [1.54, 1.807) is 23.4 Å². The largest absolute Gasteiger partial charge is 0.296 e. The Morgan fingerprint density at radius 3 is 2.80 bits per heavy atom. The summed E-state index contributed by atoms with van der Waals surface area (Å²) < 4.78 is 27.8. The fourth-order valence-electron chi connectivity index (χ4n) is 3.67. The van der Waals surface area contributed by atoms with Crippen LogP contribution in [0.25, 0.3) is 0 Å². The number of rotatable bonds is 8. The lowest BCUT2D eigenvalue weighted by molar-refractivity contribution is 0.102. The van der Waals surface area contributed by atoms with E-state index in [0.29, 0.717) is 22.8 Å². The molecule has 1 amide bonds. The van der Waals surface area contributed by atoms with Crippen molar-refractivity contribution in [2.75, 3.05) is 11.9 Å². The minimum Gasteiger partial charge on any atom is -0.296 e. The summed E-state index contributed by atoms with van der Waals surface area (Å²) >= 11 is 1.36. The highest BCUT2D eigenvalue weighted by atomic mass is 32.2. The van der Waals surface area contributed by atoms with Gasteiger partial charge in [0.15, 0.2) is 0 Å². The predicted octanol–water partition coefficient (Wildman–Crippen LogP) is 4.39. The third-order valence-corrected chi connectivity index (χ3v) is 8.39. The second-order valence-electron chi connectivity index (χ2n) is 7.85. The first-order valence-corrected chi connectivity index (χ1v) is 12.8. The van der Waals surface area contributed by atoms with E-state index in [9.17, 15) is 13.2 Å². The summed E-state index contributed by atoms with van der Waals surface area (Å²) in [5.41, 5.74) is 1.05. The Morgan fingerprint density at radius 1 is 1.27 bits per heavy atom. The Kier molecular flexibility index (Phi) is 7.60. The number of hydrogen-bond acceptors (Lipinski definition) is 6. The summed E-state index contributed by atoms with van der Waals surface area (Å²) in [4.78, 5) is 13.0. The molecule has 2 heterocycles. The Hall–Kier alpha value is -1.84. The topological polar surface area (TPSA) is 92.3 Å². The quantitative estimate of drug-likeness (QED) is 0.602. The van der Waals surface area contributed by atoms with Crippen LogP contribution in [0.2, 0.25) is 0 Å². The number of amides is 1. The van der Waals surface area contributed by atoms with E-state index in [0.717, 1.165) is 50.0 Å². The van der Waals surface area contributed by atoms with Crippen LogP contribution in [-0.4, -0.2) is 41.4 Å². The van der Waals surface area contributed by atoms with Crippen molar-refractivity contribution in [2.24, 2.45) is 0 Å². The second kappa shape index (κ2) is 9.98. The highest BCUT2D eigenvalue weighted by Gasteiger charge is 2.31. The summed E-state index contributed by atoms with van der Waals surface area (Å²) in [7, 11) is -3.64. The lowest BCUT2D eigenvalue weighted by atomic mass is 10.1. The molecule has 1 aromatic carbocycles. The lowest BCUT2D eigenvalue weighted by Crippen LogP contribution is -2.42. The zero-order chi connectivity index (χ0) is 21.7. The van der Waals surface area contributed by atoms with Gasteiger partial charge in [-0.25, -0.2) is 8.42 Å². The molecule has 1 unspecified atom stereocenters. The van der Waals surface area contributed by atoms with Crippen molar-refractivity contribution in [3.63, 3.8) is 0 Å². The third-order valence-electron chi connectivity index (χ3n) is 5.48. The molecule has 0 aliphatic carbocycles. The molecule has 164 valence electrons. The van der Waals surface area contributed by atoms with Crippen molar-refractivity contribution < 1.29 is 13.2 Å². The molecule has 0 bridgehead atoms. The summed E-state index contributed by atoms with van der Waals surface area (Å²) in [5.74, 6) is -0.368. The van der Waals surface area contributed by atoms with Crippen molar-refractivity contribution in [1.29, 1.82) is 0 Å². The molecule has 7 nitrogen and oxygen atoms in total. The molecule has 1 atom stereocenters. The van der Waals surface area contributed by atoms with Gasteiger partial charge in [0.05, 0.1) is 4.90 Å². The molecule has 9 heteroatoms. The van der Waals surface area contributed by atoms with Crippen LogP contribution in [0.4, 0.5) is 5.13 Å². The molecule has 1 saturated heterocycles. The number of benzene rings is 1. The van der Waals surface area contributed by atoms with Gasteiger partial charge in [0, 0.05) is 24.6 Å². The Bertz CT molecular complexity index is 988. The van der Waals surface area contributed by atoms with E-state index < -0.39 is 10.0 Å². The number of nitrogens with zero attached hydrogens (tertiary/aromatic N) is 3. The monoisotopic (exact) mass is 450 g/mol. The number of anilines is 1. The minimum absolute atomic E-state index is 0.0325. The summed E-state index contributed by atoms with van der Waals surface area (Å²) in [6.45, 7) is 6.40. The summed E-state index contributed by atoms with van der Waals surface area (Å²) in [6.07, 6.45) is 6.93. The van der Waals surface area contributed by atoms with Gasteiger partial charge in [0.25, 0.3) is 5.91 Å². The third kappa shape index (κ3) is 5.25. The molecular formula is C21H30N4O3S2. The van der Waals surface area contributed by atoms with Crippen molar-refractivity contribution in [2.45, 2.75) is 76.7 Å². The first-order chi connectivity index (χ1) is 14.3. The first kappa shape index (κ1) is 22.8. The number of nitrogens with one attached hydrogen (secondary N) is 1. The molecule has 3 rings (SSSR count). The molecule has 1 N–H and O–H groups in total. The number of sulfonamides is 1. The van der Waals surface area contributed by atoms with Gasteiger partial charge in [0.2, 0.25) is 15.2 Å². The maximum atomic E-state index is 13.1. The van der Waals surface area contributed by atoms with Gasteiger partial charge in [-0.15, -0.1) is 10.2 Å². The van der Waals surface area contributed by atoms with Gasteiger partial charge in [-0.1, -0.05) is 43.6 Å². The maximum absolute atomic E-state index is 13.1. The van der Waals surface area contributed by atoms with E-state index in [4.69, 9.17) is 0 Å². The highest BCUT2D eigenvalue weighted by Crippen LogP contribution is 2.27. The molecule has 1 aromatic heterocycles. The van der Waals surface area contributed by atoms with Crippen molar-refractivity contribution in [3.05, 3.63) is 34.3 Å². The van der Waals surface area contributed by atoms with E-state index >= 15 is 0 Å². The lowest BCUT2D eigenvalue weighted by Gasteiger charge is -2.32. The van der Waals surface area contributed by atoms with Gasteiger partial charge < -0.3 is 0 Å². The van der Waals surface area contributed by atoms with Crippen molar-refractivity contribution in [3.8, 4) is 0 Å². The number of aryl methyl sites for hydroxylation is 2. The van der Waals surface area contributed by atoms with Crippen LogP contribution < -0.4 is 5.32 Å². The zero-order valence-corrected chi connectivity index (χ0v) is 19.5. The van der Waals surface area contributed by atoms with Crippen LogP contribution in [0.5, 0.6) is 0 Å². The minimum atomic E-state index is -3.64. The smallest absolute Gasteiger partial charge is 0.257 e. The average molecular weight is 451 g/mol. The molecule has 0 spiro atoms. The first-order valence-electron chi connectivity index (χ1n) is 10.6. The van der Waals surface area contributed by atoms with E-state index in [2.05, 4.69) is 22.4 Å². The number of carbonyl (C=O) groups excluding carboxylic acids is 1. The molecule has 1 aliphatic rings. The number of piperidine rings is 1. The number of aromatic nitrogens is 2. The standard InChI is InChI=1S/C21H30N4O3S2/c1-4-5-6-10-19-23-24-21(29-19)22-20(26)18-14-17(12-11-15(18)2)30(27,28)25-13-8-7-9-16(25)3/h11-12,14,16H,4-10,13H2,1-3H3,(H,22,24,26). The number of unbranched alkanes of at least 4 members (excludes halogenated alkanes) is 2. The highest BCUT2D eigenvalue weighted by molar-refractivity contribution is 7.89. The van der Waals surface area contributed by atoms with Crippen LogP contribution in [-0.2, 0) is 16.4 Å². The van der Waals surface area contributed by atoms with Gasteiger partial charge in [-0.2, -0.15) is 4.31 Å². The molecule has 30 heavy (non-hydrogen) atoms. The molecule has 0 saturated carbocycles. The number of hydrogen-bond donors (Lipinski definition) is 1. The molecule has 0 radical (unpaired) electrons. The van der Waals surface area contributed by atoms with Crippen LogP contribution >= 0.6 is 11.3 Å². The van der Waals surface area contributed by atoms with E-state index in [-0.39, 0.29) is 16.8 Å². The van der Waals surface area contributed by atoms with Gasteiger partial charge in [0.1, 0.15) is 5.01 Å². The van der Waals surface area contributed by atoms with Crippen LogP contribution in [0, 0.1) is 6.92 Å².